The highest BCUT2D eigenvalue weighted by Crippen LogP contribution is 2.29. The Hall–Kier alpha value is -0.480. The molecular weight excluding hydrogens is 136 g/mol. The largest absolute Gasteiger partial charge is 0.369 e. The molecule has 0 amide bonds. The van der Waals surface area contributed by atoms with E-state index >= 15 is 0 Å². The van der Waals surface area contributed by atoms with Gasteiger partial charge in [0.2, 0.25) is 0 Å². The topological polar surface area (TPSA) is 12.5 Å². The van der Waals surface area contributed by atoms with Gasteiger partial charge in [-0.3, -0.25) is 0 Å². The predicted molar refractivity (Wildman–Crippen MR) is 46.3 cm³/mol. The molecule has 62 valence electrons. The van der Waals surface area contributed by atoms with E-state index in [0.717, 1.165) is 6.42 Å². The summed E-state index contributed by atoms with van der Waals surface area (Å²) in [6.45, 7) is 4.09. The van der Waals surface area contributed by atoms with Gasteiger partial charge in [0.05, 0.1) is 12.2 Å². The molecule has 1 saturated heterocycles. The number of epoxide rings is 1. The summed E-state index contributed by atoms with van der Waals surface area (Å²) in [6.07, 6.45) is 5.73. The molecule has 1 rings (SSSR count). The van der Waals surface area contributed by atoms with Crippen LogP contribution in [0.25, 0.3) is 0 Å². The van der Waals surface area contributed by atoms with E-state index in [0.29, 0.717) is 12.2 Å². The second-order valence-corrected chi connectivity index (χ2v) is 2.99. The third-order valence-electron chi connectivity index (χ3n) is 2.01. The Morgan fingerprint density at radius 1 is 1.36 bits per heavy atom. The third-order valence-corrected chi connectivity index (χ3v) is 2.01. The lowest BCUT2D eigenvalue weighted by Crippen LogP contribution is -1.91. The van der Waals surface area contributed by atoms with Crippen LogP contribution in [0.1, 0.15) is 39.5 Å². The maximum atomic E-state index is 5.42. The lowest BCUT2D eigenvalue weighted by atomic mass is 10.1. The molecule has 1 aliphatic heterocycles. The van der Waals surface area contributed by atoms with Crippen molar-refractivity contribution in [1.82, 2.24) is 0 Å². The molecule has 0 aromatic rings. The number of rotatable bonds is 4. The molecule has 1 aliphatic rings. The van der Waals surface area contributed by atoms with Crippen molar-refractivity contribution in [3.63, 3.8) is 0 Å². The summed E-state index contributed by atoms with van der Waals surface area (Å²) >= 11 is 0. The number of hydrogen-bond donors (Lipinski definition) is 0. The van der Waals surface area contributed by atoms with E-state index in [4.69, 9.17) is 4.74 Å². The molecule has 1 heterocycles. The highest BCUT2D eigenvalue weighted by atomic mass is 16.6. The zero-order valence-corrected chi connectivity index (χ0v) is 7.39. The molecular formula is C10H16O. The minimum absolute atomic E-state index is 0.467. The van der Waals surface area contributed by atoms with Gasteiger partial charge in [0.25, 0.3) is 0 Å². The first-order chi connectivity index (χ1) is 5.38. The average molecular weight is 152 g/mol. The Balaban J connectivity index is 2.00. The lowest BCUT2D eigenvalue weighted by molar-refractivity contribution is 0.361. The molecule has 0 aliphatic carbocycles. The summed E-state index contributed by atoms with van der Waals surface area (Å²) in [5.74, 6) is 5.93. The summed E-state index contributed by atoms with van der Waals surface area (Å²) in [5, 5.41) is 0. The zero-order valence-electron chi connectivity index (χ0n) is 7.39. The molecule has 0 unspecified atom stereocenters. The minimum Gasteiger partial charge on any atom is -0.369 e. The number of hydrogen-bond acceptors (Lipinski definition) is 1. The molecule has 0 spiro atoms. The first kappa shape index (κ1) is 8.62. The standard InChI is InChI=1S/C10H16O/c1-3-5-7-9-10(11-9)8-6-4-2/h9-10H,3,5,7-8H2,1-2H3/t9-,10-/m0/s1. The fraction of sp³-hybridized carbons (Fsp3) is 0.800. The smallest absolute Gasteiger partial charge is 0.0950 e. The lowest BCUT2D eigenvalue weighted by Gasteiger charge is -1.89. The van der Waals surface area contributed by atoms with Gasteiger partial charge >= 0.3 is 0 Å². The summed E-state index contributed by atoms with van der Waals surface area (Å²) in [5.41, 5.74) is 0. The molecule has 0 bridgehead atoms. The van der Waals surface area contributed by atoms with Crippen LogP contribution in [0, 0.1) is 11.8 Å². The quantitative estimate of drug-likeness (QED) is 0.445. The summed E-state index contributed by atoms with van der Waals surface area (Å²) in [7, 11) is 0. The number of unbranched alkanes of at least 4 members (excludes halogenated alkanes) is 1. The first-order valence-corrected chi connectivity index (χ1v) is 4.43. The van der Waals surface area contributed by atoms with Gasteiger partial charge in [-0.15, -0.1) is 11.8 Å². The normalized spacial score (nSPS) is 27.5. The van der Waals surface area contributed by atoms with Crippen molar-refractivity contribution in [3.8, 4) is 11.8 Å². The summed E-state index contributed by atoms with van der Waals surface area (Å²) in [4.78, 5) is 0. The van der Waals surface area contributed by atoms with Crippen LogP contribution >= 0.6 is 0 Å². The maximum Gasteiger partial charge on any atom is 0.0950 e. The molecule has 0 aromatic carbocycles. The molecule has 11 heavy (non-hydrogen) atoms. The molecule has 1 fully saturated rings. The fourth-order valence-electron chi connectivity index (χ4n) is 1.22. The van der Waals surface area contributed by atoms with Crippen molar-refractivity contribution < 1.29 is 4.74 Å². The Kier molecular flexibility index (Phi) is 3.45. The van der Waals surface area contributed by atoms with Crippen molar-refractivity contribution in [1.29, 1.82) is 0 Å². The highest BCUT2D eigenvalue weighted by molar-refractivity contribution is 5.02. The molecule has 0 N–H and O–H groups in total. The van der Waals surface area contributed by atoms with Crippen molar-refractivity contribution in [3.05, 3.63) is 0 Å². The second-order valence-electron chi connectivity index (χ2n) is 2.99. The van der Waals surface area contributed by atoms with E-state index in [-0.39, 0.29) is 0 Å². The predicted octanol–water partition coefficient (Wildman–Crippen LogP) is 2.36. The van der Waals surface area contributed by atoms with Crippen molar-refractivity contribution in [2.24, 2.45) is 0 Å². The average Bonchev–Trinajstić information content (AvgIpc) is 2.76. The monoisotopic (exact) mass is 152 g/mol. The Morgan fingerprint density at radius 2 is 2.18 bits per heavy atom. The maximum absolute atomic E-state index is 5.42. The van der Waals surface area contributed by atoms with Crippen molar-refractivity contribution >= 4 is 0 Å². The van der Waals surface area contributed by atoms with Crippen LogP contribution in [0.4, 0.5) is 0 Å². The van der Waals surface area contributed by atoms with Crippen LogP contribution in [0.5, 0.6) is 0 Å². The summed E-state index contributed by atoms with van der Waals surface area (Å²) in [6, 6.07) is 0. The van der Waals surface area contributed by atoms with Gasteiger partial charge in [-0.25, -0.2) is 0 Å². The molecule has 1 nitrogen and oxygen atoms in total. The Labute approximate surface area is 69.1 Å². The summed E-state index contributed by atoms with van der Waals surface area (Å²) < 4.78 is 5.42. The van der Waals surface area contributed by atoms with E-state index < -0.39 is 0 Å². The van der Waals surface area contributed by atoms with Crippen LogP contribution in [0.2, 0.25) is 0 Å². The highest BCUT2D eigenvalue weighted by Gasteiger charge is 2.36. The third kappa shape index (κ3) is 2.95. The molecule has 2 atom stereocenters. The minimum atomic E-state index is 0.467. The molecule has 0 radical (unpaired) electrons. The van der Waals surface area contributed by atoms with Gasteiger partial charge in [-0.2, -0.15) is 0 Å². The van der Waals surface area contributed by atoms with Crippen molar-refractivity contribution in [2.45, 2.75) is 51.7 Å². The Morgan fingerprint density at radius 3 is 2.82 bits per heavy atom. The van der Waals surface area contributed by atoms with Gasteiger partial charge < -0.3 is 4.74 Å². The van der Waals surface area contributed by atoms with Gasteiger partial charge in [0.1, 0.15) is 0 Å². The number of ether oxygens (including phenoxy) is 1. The van der Waals surface area contributed by atoms with E-state index in [1.54, 1.807) is 0 Å². The van der Waals surface area contributed by atoms with Crippen LogP contribution in [-0.2, 0) is 4.74 Å². The van der Waals surface area contributed by atoms with Gasteiger partial charge in [0, 0.05) is 6.42 Å². The van der Waals surface area contributed by atoms with E-state index in [2.05, 4.69) is 18.8 Å². The van der Waals surface area contributed by atoms with E-state index in [1.165, 1.54) is 19.3 Å². The van der Waals surface area contributed by atoms with Crippen LogP contribution in [-0.4, -0.2) is 12.2 Å². The van der Waals surface area contributed by atoms with Crippen LogP contribution in [0.3, 0.4) is 0 Å². The second kappa shape index (κ2) is 4.41. The molecule has 1 heteroatoms. The van der Waals surface area contributed by atoms with Gasteiger partial charge in [0.15, 0.2) is 0 Å². The fourth-order valence-corrected chi connectivity index (χ4v) is 1.22. The SMILES string of the molecule is CC#CC[C@@H]1O[C@H]1CCCC. The van der Waals surface area contributed by atoms with Gasteiger partial charge in [-0.1, -0.05) is 19.8 Å². The van der Waals surface area contributed by atoms with E-state index in [1.807, 2.05) is 6.92 Å². The van der Waals surface area contributed by atoms with Crippen LogP contribution < -0.4 is 0 Å². The first-order valence-electron chi connectivity index (χ1n) is 4.43. The Bertz CT molecular complexity index is 163. The van der Waals surface area contributed by atoms with Crippen molar-refractivity contribution in [2.75, 3.05) is 0 Å². The molecule has 0 aromatic heterocycles. The van der Waals surface area contributed by atoms with Gasteiger partial charge in [-0.05, 0) is 13.3 Å². The molecule has 0 saturated carbocycles. The van der Waals surface area contributed by atoms with Crippen LogP contribution in [0.15, 0.2) is 0 Å². The van der Waals surface area contributed by atoms with E-state index in [9.17, 15) is 0 Å². The zero-order chi connectivity index (χ0) is 8.10.